The molecule has 0 bridgehead atoms. The van der Waals surface area contributed by atoms with Gasteiger partial charge in [-0.25, -0.2) is 0 Å². The van der Waals surface area contributed by atoms with Crippen molar-refractivity contribution in [3.8, 4) is 77.9 Å². The van der Waals surface area contributed by atoms with Crippen LogP contribution >= 0.6 is 0 Å². The average molecular weight is 1760 g/mol. The lowest BCUT2D eigenvalue weighted by Crippen LogP contribution is -2.17. The summed E-state index contributed by atoms with van der Waals surface area (Å²) in [5.74, 6) is 0. The highest BCUT2D eigenvalue weighted by atomic mass is 16.3. The Bertz CT molecular complexity index is 8750. The number of nitrogens with zero attached hydrogens (tertiary/aromatic N) is 3. The normalized spacial score (nSPS) is 13.2. The Hall–Kier alpha value is -17.1. The molecular formula is C131H95N3O3. The summed E-state index contributed by atoms with van der Waals surface area (Å²) in [6.07, 6.45) is 0. The van der Waals surface area contributed by atoms with Gasteiger partial charge in [0.25, 0.3) is 0 Å². The van der Waals surface area contributed by atoms with Crippen molar-refractivity contribution in [3.05, 3.63) is 500 Å². The number of hydrogen-bond acceptors (Lipinski definition) is 6. The Balaban J connectivity index is 0.000000109. The Morgan fingerprint density at radius 3 is 0.781 bits per heavy atom. The summed E-state index contributed by atoms with van der Waals surface area (Å²) in [4.78, 5) is 7.09. The van der Waals surface area contributed by atoms with Crippen LogP contribution in [0.5, 0.6) is 0 Å². The molecule has 3 aromatic heterocycles. The Morgan fingerprint density at radius 1 is 0.161 bits per heavy atom. The molecule has 27 rings (SSSR count). The van der Waals surface area contributed by atoms with Gasteiger partial charge in [0.05, 0.1) is 0 Å². The molecule has 652 valence electrons. The van der Waals surface area contributed by atoms with E-state index in [4.69, 9.17) is 13.3 Å². The van der Waals surface area contributed by atoms with Gasteiger partial charge in [0, 0.05) is 116 Å². The fraction of sp³-hybridized carbons (Fsp3) is 0.0687. The monoisotopic (exact) mass is 1760 g/mol. The third-order valence-electron chi connectivity index (χ3n) is 29.1. The summed E-state index contributed by atoms with van der Waals surface area (Å²) >= 11 is 0. The van der Waals surface area contributed by atoms with E-state index in [1.165, 1.54) is 165 Å². The molecule has 0 spiro atoms. The van der Waals surface area contributed by atoms with Crippen LogP contribution < -0.4 is 14.7 Å². The number of para-hydroxylation sites is 5. The Labute approximate surface area is 797 Å². The Kier molecular flexibility index (Phi) is 19.5. The summed E-state index contributed by atoms with van der Waals surface area (Å²) in [5, 5.41) is 12.1. The van der Waals surface area contributed by atoms with E-state index in [1.54, 1.807) is 0 Å². The number of furan rings is 3. The van der Waals surface area contributed by atoms with Crippen LogP contribution in [-0.4, -0.2) is 0 Å². The number of anilines is 9. The molecule has 0 unspecified atom stereocenters. The SMILES string of the molecule is CC1(C)c2cc(N(c3ccccc3)c3ccc(-c4ccc5ccccc5c4)cc3)ccc2-c2ccc3c(oc4ccccc43)c21.CC1(C)c2ccc(N(c3ccc(-c4ccccc4)cc3)c3ccc(-c4ccccc4)cc3)cc2-c2ccc3c(oc4ccccc43)c21.CC1(C)c2ccc(N(c3ccccc3)c3ccc(-c4ccc5ccccc5c4)cc3)cc2-c2ccc3c(oc4ccccc43)c21. The molecule has 0 aliphatic heterocycles. The summed E-state index contributed by atoms with van der Waals surface area (Å²) in [6.45, 7) is 14.0. The quantitative estimate of drug-likeness (QED) is 0.115. The first kappa shape index (κ1) is 81.9. The summed E-state index contributed by atoms with van der Waals surface area (Å²) < 4.78 is 19.6. The molecule has 3 aliphatic rings. The largest absolute Gasteiger partial charge is 0.456 e. The van der Waals surface area contributed by atoms with Crippen LogP contribution in [0.4, 0.5) is 51.2 Å². The second-order valence-corrected chi connectivity index (χ2v) is 38.2. The fourth-order valence-electron chi connectivity index (χ4n) is 22.3. The van der Waals surface area contributed by atoms with Gasteiger partial charge in [0.2, 0.25) is 0 Å². The molecule has 0 radical (unpaired) electrons. The first-order valence-electron chi connectivity index (χ1n) is 47.5. The van der Waals surface area contributed by atoms with Crippen molar-refractivity contribution in [2.75, 3.05) is 14.7 Å². The highest BCUT2D eigenvalue weighted by molar-refractivity contribution is 6.13. The first-order chi connectivity index (χ1) is 67.2. The molecular weight excluding hydrogens is 1660 g/mol. The second-order valence-electron chi connectivity index (χ2n) is 38.2. The first-order valence-corrected chi connectivity index (χ1v) is 47.5. The van der Waals surface area contributed by atoms with Crippen LogP contribution in [0.3, 0.4) is 0 Å². The van der Waals surface area contributed by atoms with Crippen LogP contribution in [0, 0.1) is 0 Å². The van der Waals surface area contributed by atoms with Gasteiger partial charge in [-0.1, -0.05) is 351 Å². The van der Waals surface area contributed by atoms with E-state index in [2.05, 4.69) is 505 Å². The smallest absolute Gasteiger partial charge is 0.140 e. The van der Waals surface area contributed by atoms with E-state index in [9.17, 15) is 0 Å². The van der Waals surface area contributed by atoms with E-state index < -0.39 is 0 Å². The predicted molar refractivity (Wildman–Crippen MR) is 575 cm³/mol. The minimum atomic E-state index is -0.226. The molecule has 24 aromatic rings. The summed E-state index contributed by atoms with van der Waals surface area (Å²) in [6, 6.07) is 168. The van der Waals surface area contributed by atoms with Gasteiger partial charge in [-0.15, -0.1) is 0 Å². The van der Waals surface area contributed by atoms with Crippen molar-refractivity contribution in [2.45, 2.75) is 57.8 Å². The lowest BCUT2D eigenvalue weighted by atomic mass is 9.81. The minimum Gasteiger partial charge on any atom is -0.456 e. The van der Waals surface area contributed by atoms with Crippen molar-refractivity contribution < 1.29 is 13.3 Å². The fourth-order valence-corrected chi connectivity index (χ4v) is 22.3. The summed E-state index contributed by atoms with van der Waals surface area (Å²) in [7, 11) is 0. The minimum absolute atomic E-state index is 0.185. The zero-order valence-electron chi connectivity index (χ0n) is 77.0. The topological polar surface area (TPSA) is 49.1 Å². The molecule has 3 aliphatic carbocycles. The molecule has 6 nitrogen and oxygen atoms in total. The summed E-state index contributed by atoms with van der Waals surface area (Å²) in [5.41, 5.74) is 40.4. The third kappa shape index (κ3) is 13.9. The molecule has 0 amide bonds. The zero-order chi connectivity index (χ0) is 91.8. The van der Waals surface area contributed by atoms with Gasteiger partial charge in [-0.2, -0.15) is 0 Å². The maximum atomic E-state index is 6.56. The molecule has 0 N–H and O–H groups in total. The average Bonchev–Trinajstić information content (AvgIpc) is 1.56. The molecule has 0 saturated carbocycles. The van der Waals surface area contributed by atoms with Crippen molar-refractivity contribution in [1.29, 1.82) is 0 Å². The van der Waals surface area contributed by atoms with Gasteiger partial charge >= 0.3 is 0 Å². The van der Waals surface area contributed by atoms with E-state index >= 15 is 0 Å². The predicted octanol–water partition coefficient (Wildman–Crippen LogP) is 37.1. The van der Waals surface area contributed by atoms with Crippen LogP contribution in [0.1, 0.15) is 74.9 Å². The number of hydrogen-bond donors (Lipinski definition) is 0. The molecule has 21 aromatic carbocycles. The lowest BCUT2D eigenvalue weighted by Gasteiger charge is -2.28. The van der Waals surface area contributed by atoms with Gasteiger partial charge in [-0.3, -0.25) is 0 Å². The lowest BCUT2D eigenvalue weighted by molar-refractivity contribution is 0.619. The highest BCUT2D eigenvalue weighted by Crippen LogP contribution is 2.59. The van der Waals surface area contributed by atoms with E-state index in [0.29, 0.717) is 0 Å². The molecule has 0 fully saturated rings. The number of fused-ring (bicyclic) bond motifs is 23. The molecule has 3 heterocycles. The molecule has 0 atom stereocenters. The van der Waals surface area contributed by atoms with Crippen molar-refractivity contribution in [2.24, 2.45) is 0 Å². The zero-order valence-corrected chi connectivity index (χ0v) is 77.0. The number of rotatable bonds is 13. The van der Waals surface area contributed by atoms with E-state index in [1.807, 2.05) is 18.2 Å². The maximum absolute atomic E-state index is 6.56. The highest BCUT2D eigenvalue weighted by Gasteiger charge is 2.43. The van der Waals surface area contributed by atoms with Crippen molar-refractivity contribution in [3.63, 3.8) is 0 Å². The molecule has 0 saturated heterocycles. The van der Waals surface area contributed by atoms with E-state index in [-0.39, 0.29) is 16.2 Å². The van der Waals surface area contributed by atoms with Crippen LogP contribution in [0.2, 0.25) is 0 Å². The van der Waals surface area contributed by atoms with Crippen molar-refractivity contribution in [1.82, 2.24) is 0 Å². The number of benzene rings is 21. The van der Waals surface area contributed by atoms with Gasteiger partial charge in [-0.05, 0) is 274 Å². The van der Waals surface area contributed by atoms with Crippen LogP contribution in [0.25, 0.3) is 165 Å². The third-order valence-corrected chi connectivity index (χ3v) is 29.1. The molecule has 6 heteroatoms. The van der Waals surface area contributed by atoms with Crippen LogP contribution in [-0.2, 0) is 16.2 Å². The maximum Gasteiger partial charge on any atom is 0.140 e. The van der Waals surface area contributed by atoms with Gasteiger partial charge in [0.15, 0.2) is 0 Å². The van der Waals surface area contributed by atoms with Gasteiger partial charge < -0.3 is 28.0 Å². The van der Waals surface area contributed by atoms with E-state index in [0.717, 1.165) is 84.7 Å². The molecule has 137 heavy (non-hydrogen) atoms. The van der Waals surface area contributed by atoms with Crippen LogP contribution in [0.15, 0.2) is 480 Å². The second kappa shape index (κ2) is 32.7. The van der Waals surface area contributed by atoms with Crippen molar-refractivity contribution >= 4 is 139 Å². The Morgan fingerprint density at radius 2 is 0.416 bits per heavy atom. The standard InChI is InChI=1S/C45H33NO.2C43H31NO/c1-45(2)41-28-25-36(29-40(41)38-26-27-39-37-15-9-10-16-42(37)47-44(39)43(38)45)46(34-21-17-32(18-22-34)30-11-5-3-6-12-30)35-23-19-33(20-24-35)31-13-7-4-8-14-31;1-43(2)39-25-22-34(27-38(39)36-23-24-37-35-14-8-9-15-40(35)45-42(37)41(36)43)44(32-12-4-3-5-13-32)33-20-18-29(19-21-33)31-17-16-28-10-6-7-11-30(28)26-31;1-43(2)39-27-34(22-23-35(39)37-24-25-38-36-14-8-9-15-40(36)45-42(38)41(37)43)44(32-12-4-3-5-13-32)33-20-18-29(19-21-33)31-17-16-28-10-6-7-11-30(28)26-31/h3-29H,1-2H3;2*3-27H,1-2H3. The van der Waals surface area contributed by atoms with Gasteiger partial charge in [0.1, 0.15) is 33.5 Å².